The molecule has 0 fully saturated rings. The van der Waals surface area contributed by atoms with Gasteiger partial charge in [0.25, 0.3) is 0 Å². The van der Waals surface area contributed by atoms with Crippen molar-refractivity contribution in [3.63, 3.8) is 0 Å². The Kier molecular flexibility index (Phi) is 7.52. The number of anilines is 3. The lowest BCUT2D eigenvalue weighted by Crippen LogP contribution is -2.35. The number of methoxy groups -OCH3 is 3. The second-order valence-corrected chi connectivity index (χ2v) is 9.73. The van der Waals surface area contributed by atoms with Crippen LogP contribution in [0, 0.1) is 0 Å². The number of rotatable bonds is 8. The third-order valence-electron chi connectivity index (χ3n) is 5.24. The molecule has 0 radical (unpaired) electrons. The molecule has 4 rings (SSSR count). The highest BCUT2D eigenvalue weighted by Crippen LogP contribution is 2.42. The second-order valence-electron chi connectivity index (χ2n) is 7.73. The Labute approximate surface area is 218 Å². The van der Waals surface area contributed by atoms with Crippen LogP contribution in [0.15, 0.2) is 47.6 Å². The monoisotopic (exact) mass is 553 g/mol. The lowest BCUT2D eigenvalue weighted by atomic mass is 10.0. The molecule has 1 aromatic heterocycles. The minimum Gasteiger partial charge on any atom is -0.493 e. The average Bonchev–Trinajstić information content (AvgIpc) is 3.50. The first kappa shape index (κ1) is 26.6. The predicted octanol–water partition coefficient (Wildman–Crippen LogP) is 4.72. The van der Waals surface area contributed by atoms with E-state index in [0.29, 0.717) is 44.4 Å². The first-order valence-electron chi connectivity index (χ1n) is 10.6. The van der Waals surface area contributed by atoms with E-state index in [9.17, 15) is 18.0 Å². The molecular formula is C23H22F3N5O4S2. The maximum absolute atomic E-state index is 12.6. The predicted molar refractivity (Wildman–Crippen MR) is 137 cm³/mol. The number of halogens is 3. The summed E-state index contributed by atoms with van der Waals surface area (Å²) >= 11 is 2.75. The summed E-state index contributed by atoms with van der Waals surface area (Å²) in [6, 6.07) is 9.41. The minimum absolute atomic E-state index is 0.0204. The molecule has 1 unspecified atom stereocenters. The fourth-order valence-corrected chi connectivity index (χ4v) is 5.51. The molecular weight excluding hydrogens is 531 g/mol. The fourth-order valence-electron chi connectivity index (χ4n) is 3.47. The molecule has 0 aliphatic carbocycles. The van der Waals surface area contributed by atoms with E-state index in [0.717, 1.165) is 4.88 Å². The SMILES string of the molecule is COc1cc(Nc2ncc(C3=NC(N)(c4cccc(NC(=O)C(F)(F)F)c4)CS3)s2)cc(OC)c1OC. The van der Waals surface area contributed by atoms with Gasteiger partial charge in [-0.3, -0.25) is 4.79 Å². The van der Waals surface area contributed by atoms with Gasteiger partial charge < -0.3 is 30.6 Å². The number of carbonyl (C=O) groups is 1. The summed E-state index contributed by atoms with van der Waals surface area (Å²) < 4.78 is 53.9. The van der Waals surface area contributed by atoms with Gasteiger partial charge in [-0.05, 0) is 17.7 Å². The van der Waals surface area contributed by atoms with Crippen molar-refractivity contribution in [2.45, 2.75) is 11.8 Å². The Hall–Kier alpha value is -3.49. The van der Waals surface area contributed by atoms with Crippen LogP contribution >= 0.6 is 23.1 Å². The number of aliphatic imine (C=N–C) groups is 1. The zero-order valence-corrected chi connectivity index (χ0v) is 21.4. The largest absolute Gasteiger partial charge is 0.493 e. The van der Waals surface area contributed by atoms with Gasteiger partial charge in [0.1, 0.15) is 10.7 Å². The molecule has 3 aromatic rings. The molecule has 0 saturated heterocycles. The second kappa shape index (κ2) is 10.5. The van der Waals surface area contributed by atoms with Gasteiger partial charge in [-0.2, -0.15) is 13.2 Å². The molecule has 196 valence electrons. The Balaban J connectivity index is 1.53. The standard InChI is InChI=1S/C23H22F3N5O4S2/c1-33-15-8-14(9-16(34-2)18(15)35-3)30-21-28-10-17(37-21)19-31-22(27,11-36-19)12-5-4-6-13(7-12)29-20(32)23(24,25)26/h4-10H,11,27H2,1-3H3,(H,28,30)(H,29,32). The molecule has 1 atom stereocenters. The van der Waals surface area contributed by atoms with Crippen molar-refractivity contribution in [3.05, 3.63) is 53.0 Å². The highest BCUT2D eigenvalue weighted by atomic mass is 32.2. The molecule has 14 heteroatoms. The van der Waals surface area contributed by atoms with Crippen molar-refractivity contribution in [3.8, 4) is 17.2 Å². The first-order chi connectivity index (χ1) is 17.6. The summed E-state index contributed by atoms with van der Waals surface area (Å²) in [5.41, 5.74) is 6.43. The van der Waals surface area contributed by atoms with Gasteiger partial charge in [0, 0.05) is 29.3 Å². The zero-order chi connectivity index (χ0) is 26.8. The van der Waals surface area contributed by atoms with Crippen molar-refractivity contribution in [2.24, 2.45) is 10.7 Å². The van der Waals surface area contributed by atoms with Crippen LogP contribution in [0.1, 0.15) is 10.4 Å². The molecule has 2 heterocycles. The number of hydrogen-bond donors (Lipinski definition) is 3. The van der Waals surface area contributed by atoms with E-state index in [1.807, 2.05) is 5.32 Å². The molecule has 0 saturated carbocycles. The highest BCUT2D eigenvalue weighted by Gasteiger charge is 2.39. The Morgan fingerprint density at radius 2 is 1.78 bits per heavy atom. The normalized spacial score (nSPS) is 17.2. The number of alkyl halides is 3. The number of nitrogens with two attached hydrogens (primary N) is 1. The number of nitrogens with zero attached hydrogens (tertiary/aromatic N) is 2. The number of amides is 1. The summed E-state index contributed by atoms with van der Waals surface area (Å²) in [6.45, 7) is 0. The number of thiazole rings is 1. The molecule has 9 nitrogen and oxygen atoms in total. The summed E-state index contributed by atoms with van der Waals surface area (Å²) in [4.78, 5) is 21.1. The van der Waals surface area contributed by atoms with E-state index in [-0.39, 0.29) is 5.69 Å². The van der Waals surface area contributed by atoms with E-state index >= 15 is 0 Å². The van der Waals surface area contributed by atoms with E-state index in [1.165, 1.54) is 62.6 Å². The number of aromatic nitrogens is 1. The van der Waals surface area contributed by atoms with Gasteiger partial charge in [-0.15, -0.1) is 11.8 Å². The van der Waals surface area contributed by atoms with Gasteiger partial charge in [0.05, 0.1) is 32.4 Å². The van der Waals surface area contributed by atoms with Gasteiger partial charge in [0.15, 0.2) is 16.6 Å². The molecule has 2 aromatic carbocycles. The Bertz CT molecular complexity index is 1320. The summed E-state index contributed by atoms with van der Waals surface area (Å²) in [6.07, 6.45) is -3.34. The van der Waals surface area contributed by atoms with Gasteiger partial charge in [-0.1, -0.05) is 23.5 Å². The molecule has 0 spiro atoms. The number of nitrogens with one attached hydrogen (secondary N) is 2. The fraction of sp³-hybridized carbons (Fsp3) is 0.261. The van der Waals surface area contributed by atoms with E-state index in [4.69, 9.17) is 19.9 Å². The van der Waals surface area contributed by atoms with Crippen molar-refractivity contribution < 1.29 is 32.2 Å². The molecule has 4 N–H and O–H groups in total. The Morgan fingerprint density at radius 1 is 1.08 bits per heavy atom. The minimum atomic E-state index is -5.00. The molecule has 1 aliphatic rings. The van der Waals surface area contributed by atoms with Crippen LogP contribution in [0.4, 0.5) is 29.7 Å². The Morgan fingerprint density at radius 3 is 2.41 bits per heavy atom. The highest BCUT2D eigenvalue weighted by molar-refractivity contribution is 8.15. The molecule has 37 heavy (non-hydrogen) atoms. The van der Waals surface area contributed by atoms with Gasteiger partial charge >= 0.3 is 12.1 Å². The maximum Gasteiger partial charge on any atom is 0.471 e. The van der Waals surface area contributed by atoms with Crippen LogP contribution in [0.2, 0.25) is 0 Å². The van der Waals surface area contributed by atoms with Crippen molar-refractivity contribution in [2.75, 3.05) is 37.7 Å². The van der Waals surface area contributed by atoms with Crippen LogP contribution in [0.3, 0.4) is 0 Å². The number of hydrogen-bond acceptors (Lipinski definition) is 10. The number of carbonyl (C=O) groups excluding carboxylic acids is 1. The van der Waals surface area contributed by atoms with E-state index < -0.39 is 17.7 Å². The van der Waals surface area contributed by atoms with E-state index in [2.05, 4.69) is 15.3 Å². The molecule has 0 bridgehead atoms. The van der Waals surface area contributed by atoms with Gasteiger partial charge in [-0.25, -0.2) is 9.98 Å². The lowest BCUT2D eigenvalue weighted by molar-refractivity contribution is -0.167. The quantitative estimate of drug-likeness (QED) is 0.367. The van der Waals surface area contributed by atoms with Crippen molar-refractivity contribution in [1.29, 1.82) is 0 Å². The van der Waals surface area contributed by atoms with Crippen molar-refractivity contribution >= 4 is 50.6 Å². The van der Waals surface area contributed by atoms with Crippen molar-refractivity contribution in [1.82, 2.24) is 4.98 Å². The smallest absolute Gasteiger partial charge is 0.471 e. The first-order valence-corrected chi connectivity index (χ1v) is 12.4. The zero-order valence-electron chi connectivity index (χ0n) is 19.8. The average molecular weight is 554 g/mol. The molecule has 1 amide bonds. The molecule has 1 aliphatic heterocycles. The van der Waals surface area contributed by atoms with Crippen LogP contribution < -0.4 is 30.6 Å². The summed E-state index contributed by atoms with van der Waals surface area (Å²) in [5.74, 6) is -0.269. The van der Waals surface area contributed by atoms with Crippen LogP contribution in [0.5, 0.6) is 17.2 Å². The summed E-state index contributed by atoms with van der Waals surface area (Å²) in [7, 11) is 4.57. The third-order valence-corrected chi connectivity index (χ3v) is 7.46. The topological polar surface area (TPSA) is 120 Å². The van der Waals surface area contributed by atoms with Crippen LogP contribution in [0.25, 0.3) is 0 Å². The third kappa shape index (κ3) is 5.76. The lowest BCUT2D eigenvalue weighted by Gasteiger charge is -2.21. The maximum atomic E-state index is 12.6. The van der Waals surface area contributed by atoms with Crippen LogP contribution in [-0.4, -0.2) is 49.2 Å². The van der Waals surface area contributed by atoms with Gasteiger partial charge in [0.2, 0.25) is 5.75 Å². The van der Waals surface area contributed by atoms with E-state index in [1.54, 1.807) is 24.4 Å². The van der Waals surface area contributed by atoms with Crippen LogP contribution in [-0.2, 0) is 10.5 Å². The number of ether oxygens (including phenoxy) is 3. The summed E-state index contributed by atoms with van der Waals surface area (Å²) in [5, 5.41) is 6.27. The number of benzene rings is 2. The number of thioether (sulfide) groups is 1.